The van der Waals surface area contributed by atoms with Crippen LogP contribution in [0.5, 0.6) is 0 Å². The van der Waals surface area contributed by atoms with E-state index >= 15 is 0 Å². The Kier molecular flexibility index (Phi) is 10.0. The Hall–Kier alpha value is -0.0800. The Balaban J connectivity index is 3.61. The summed E-state index contributed by atoms with van der Waals surface area (Å²) in [4.78, 5) is 0. The number of ether oxygens (including phenoxy) is 2. The first-order chi connectivity index (χ1) is 7.67. The van der Waals surface area contributed by atoms with Gasteiger partial charge < -0.3 is 9.47 Å². The van der Waals surface area contributed by atoms with Gasteiger partial charge in [-0.25, -0.2) is 0 Å². The third-order valence-corrected chi connectivity index (χ3v) is 3.35. The van der Waals surface area contributed by atoms with Crippen molar-refractivity contribution in [3.8, 4) is 0 Å². The van der Waals surface area contributed by atoms with Crippen LogP contribution in [-0.4, -0.2) is 19.5 Å². The van der Waals surface area contributed by atoms with E-state index in [0.29, 0.717) is 11.8 Å². The van der Waals surface area contributed by atoms with Crippen LogP contribution >= 0.6 is 0 Å². The highest BCUT2D eigenvalue weighted by Crippen LogP contribution is 2.12. The summed E-state index contributed by atoms with van der Waals surface area (Å²) in [6.07, 6.45) is 4.35. The number of rotatable bonds is 10. The minimum Gasteiger partial charge on any atom is -0.352 e. The zero-order valence-electron chi connectivity index (χ0n) is 11.5. The van der Waals surface area contributed by atoms with Gasteiger partial charge in [0.05, 0.1) is 13.2 Å². The lowest BCUT2D eigenvalue weighted by atomic mass is 10.1. The summed E-state index contributed by atoms with van der Waals surface area (Å²) in [7, 11) is 0. The molecule has 0 spiro atoms. The minimum atomic E-state index is -0.304. The summed E-state index contributed by atoms with van der Waals surface area (Å²) < 4.78 is 11.2. The van der Waals surface area contributed by atoms with E-state index < -0.39 is 0 Å². The standard InChI is InChI=1S/C14H29O2/c1-6-13(7-2)10-15-12(5)16-11-14(8-3)9-4/h12-14H,5-11H2,1-4H3. The highest BCUT2D eigenvalue weighted by molar-refractivity contribution is 4.57. The van der Waals surface area contributed by atoms with Crippen LogP contribution in [0.2, 0.25) is 0 Å². The van der Waals surface area contributed by atoms with Crippen LogP contribution in [0.15, 0.2) is 0 Å². The molecule has 2 nitrogen and oxygen atoms in total. The van der Waals surface area contributed by atoms with Crippen LogP contribution in [0, 0.1) is 18.8 Å². The smallest absolute Gasteiger partial charge is 0.157 e. The van der Waals surface area contributed by atoms with Gasteiger partial charge in [0.2, 0.25) is 0 Å². The first-order valence-electron chi connectivity index (χ1n) is 6.73. The fraction of sp³-hybridized carbons (Fsp3) is 0.929. The molecule has 0 bridgehead atoms. The average Bonchev–Trinajstić information content (AvgIpc) is 2.31. The van der Waals surface area contributed by atoms with Crippen molar-refractivity contribution in [2.75, 3.05) is 13.2 Å². The number of hydrogen-bond acceptors (Lipinski definition) is 2. The molecule has 97 valence electrons. The lowest BCUT2D eigenvalue weighted by molar-refractivity contribution is -0.130. The third-order valence-electron chi connectivity index (χ3n) is 3.35. The average molecular weight is 229 g/mol. The molecule has 0 fully saturated rings. The van der Waals surface area contributed by atoms with Crippen LogP contribution in [-0.2, 0) is 9.47 Å². The maximum atomic E-state index is 5.59. The van der Waals surface area contributed by atoms with Crippen molar-refractivity contribution in [1.82, 2.24) is 0 Å². The van der Waals surface area contributed by atoms with Gasteiger partial charge in [-0.1, -0.05) is 53.4 Å². The summed E-state index contributed by atoms with van der Waals surface area (Å²) in [5.41, 5.74) is 0. The molecule has 0 saturated carbocycles. The molecule has 0 saturated heterocycles. The molecule has 0 aromatic heterocycles. The molecule has 0 heterocycles. The highest BCUT2D eigenvalue weighted by atomic mass is 16.7. The third kappa shape index (κ3) is 7.24. The molecular weight excluding hydrogens is 200 g/mol. The fourth-order valence-corrected chi connectivity index (χ4v) is 1.58. The minimum absolute atomic E-state index is 0.304. The Morgan fingerprint density at radius 2 is 1.06 bits per heavy atom. The highest BCUT2D eigenvalue weighted by Gasteiger charge is 2.10. The molecule has 0 amide bonds. The van der Waals surface area contributed by atoms with E-state index in [2.05, 4.69) is 34.6 Å². The van der Waals surface area contributed by atoms with Gasteiger partial charge in [0, 0.05) is 6.92 Å². The van der Waals surface area contributed by atoms with Gasteiger partial charge in [0.25, 0.3) is 0 Å². The van der Waals surface area contributed by atoms with E-state index in [1.165, 1.54) is 0 Å². The van der Waals surface area contributed by atoms with Gasteiger partial charge in [-0.3, -0.25) is 0 Å². The van der Waals surface area contributed by atoms with Crippen LogP contribution in [0.4, 0.5) is 0 Å². The van der Waals surface area contributed by atoms with Gasteiger partial charge in [0.1, 0.15) is 0 Å². The van der Waals surface area contributed by atoms with Crippen molar-refractivity contribution >= 4 is 0 Å². The van der Waals surface area contributed by atoms with E-state index in [1.807, 2.05) is 0 Å². The predicted octanol–water partition coefficient (Wildman–Crippen LogP) is 4.05. The molecule has 0 rings (SSSR count). The van der Waals surface area contributed by atoms with Crippen LogP contribution < -0.4 is 0 Å². The second kappa shape index (κ2) is 10.1. The first-order valence-corrected chi connectivity index (χ1v) is 6.73. The molecule has 0 atom stereocenters. The van der Waals surface area contributed by atoms with Crippen LogP contribution in [0.25, 0.3) is 0 Å². The SMILES string of the molecule is [CH2]C(OCC(CC)CC)OCC(CC)CC. The Bertz CT molecular complexity index is 124. The van der Waals surface area contributed by atoms with E-state index in [4.69, 9.17) is 9.47 Å². The summed E-state index contributed by atoms with van der Waals surface area (Å²) in [6.45, 7) is 14.2. The molecular formula is C14H29O2. The van der Waals surface area contributed by atoms with Gasteiger partial charge >= 0.3 is 0 Å². The molecule has 0 aromatic carbocycles. The second-order valence-electron chi connectivity index (χ2n) is 4.46. The predicted molar refractivity (Wildman–Crippen MR) is 69.2 cm³/mol. The zero-order valence-corrected chi connectivity index (χ0v) is 11.5. The monoisotopic (exact) mass is 229 g/mol. The fourth-order valence-electron chi connectivity index (χ4n) is 1.58. The summed E-state index contributed by atoms with van der Waals surface area (Å²) in [6, 6.07) is 0. The maximum absolute atomic E-state index is 5.59. The molecule has 1 radical (unpaired) electrons. The number of hydrogen-bond donors (Lipinski definition) is 0. The Morgan fingerprint density at radius 3 is 1.31 bits per heavy atom. The molecule has 0 aromatic rings. The molecule has 0 aliphatic heterocycles. The van der Waals surface area contributed by atoms with Crippen LogP contribution in [0.3, 0.4) is 0 Å². The molecule has 0 aliphatic carbocycles. The van der Waals surface area contributed by atoms with Gasteiger partial charge in [-0.2, -0.15) is 0 Å². The molecule has 0 unspecified atom stereocenters. The van der Waals surface area contributed by atoms with Crippen molar-refractivity contribution < 1.29 is 9.47 Å². The summed E-state index contributed by atoms with van der Waals surface area (Å²) in [5.74, 6) is 1.28. The second-order valence-corrected chi connectivity index (χ2v) is 4.46. The quantitative estimate of drug-likeness (QED) is 0.526. The van der Waals surface area contributed by atoms with Crippen molar-refractivity contribution in [2.45, 2.75) is 59.7 Å². The molecule has 0 N–H and O–H groups in total. The van der Waals surface area contributed by atoms with Crippen molar-refractivity contribution in [2.24, 2.45) is 11.8 Å². The van der Waals surface area contributed by atoms with Crippen molar-refractivity contribution in [3.05, 3.63) is 6.92 Å². The topological polar surface area (TPSA) is 18.5 Å². The molecule has 16 heavy (non-hydrogen) atoms. The summed E-state index contributed by atoms with van der Waals surface area (Å²) in [5, 5.41) is 0. The van der Waals surface area contributed by atoms with E-state index in [1.54, 1.807) is 0 Å². The van der Waals surface area contributed by atoms with E-state index in [-0.39, 0.29) is 6.29 Å². The molecule has 0 aliphatic rings. The van der Waals surface area contributed by atoms with Crippen molar-refractivity contribution in [3.63, 3.8) is 0 Å². The van der Waals surface area contributed by atoms with Gasteiger partial charge in [-0.15, -0.1) is 0 Å². The Morgan fingerprint density at radius 1 is 0.750 bits per heavy atom. The van der Waals surface area contributed by atoms with Crippen LogP contribution in [0.1, 0.15) is 53.4 Å². The molecule has 2 heteroatoms. The van der Waals surface area contributed by atoms with Gasteiger partial charge in [0.15, 0.2) is 6.29 Å². The Labute approximate surface area is 102 Å². The zero-order chi connectivity index (χ0) is 12.4. The van der Waals surface area contributed by atoms with E-state index in [9.17, 15) is 0 Å². The lowest BCUT2D eigenvalue weighted by Crippen LogP contribution is -2.21. The largest absolute Gasteiger partial charge is 0.352 e. The van der Waals surface area contributed by atoms with Crippen molar-refractivity contribution in [1.29, 1.82) is 0 Å². The first kappa shape index (κ1) is 15.9. The normalized spacial score (nSPS) is 12.0. The summed E-state index contributed by atoms with van der Waals surface area (Å²) >= 11 is 0. The maximum Gasteiger partial charge on any atom is 0.157 e. The lowest BCUT2D eigenvalue weighted by Gasteiger charge is -2.20. The van der Waals surface area contributed by atoms with Gasteiger partial charge in [-0.05, 0) is 11.8 Å². The van der Waals surface area contributed by atoms with E-state index in [0.717, 1.165) is 38.9 Å².